The van der Waals surface area contributed by atoms with Crippen LogP contribution in [0.1, 0.15) is 0 Å². The maximum atomic E-state index is 13.2. The summed E-state index contributed by atoms with van der Waals surface area (Å²) >= 11 is 1.37. The van der Waals surface area contributed by atoms with Crippen LogP contribution in [0.3, 0.4) is 0 Å². The number of hydrogen-bond acceptors (Lipinski definition) is 5. The van der Waals surface area contributed by atoms with Crippen molar-refractivity contribution in [2.75, 3.05) is 12.4 Å². The second-order valence-corrected chi connectivity index (χ2v) is 4.58. The van der Waals surface area contributed by atoms with E-state index < -0.39 is 24.3 Å². The number of urea groups is 1. The summed E-state index contributed by atoms with van der Waals surface area (Å²) in [5, 5.41) is 11.1. The number of carbonyl (C=O) groups excluding carboxylic acids is 1. The van der Waals surface area contributed by atoms with Crippen LogP contribution in [-0.4, -0.2) is 46.2 Å². The van der Waals surface area contributed by atoms with Gasteiger partial charge in [0.1, 0.15) is 17.8 Å². The van der Waals surface area contributed by atoms with Crippen LogP contribution in [0.2, 0.25) is 0 Å². The molecule has 1 saturated heterocycles. The smallest absolute Gasteiger partial charge is 0.325 e. The molecular formula is C8H12FN3O3S. The third-order valence-corrected chi connectivity index (χ3v) is 3.38. The van der Waals surface area contributed by atoms with Crippen molar-refractivity contribution in [2.24, 2.45) is 5.73 Å². The molecule has 16 heavy (non-hydrogen) atoms. The average molecular weight is 249 g/mol. The van der Waals surface area contributed by atoms with E-state index in [4.69, 9.17) is 15.6 Å². The molecule has 0 saturated carbocycles. The van der Waals surface area contributed by atoms with Gasteiger partial charge >= 0.3 is 6.03 Å². The molecule has 0 spiro atoms. The maximum Gasteiger partial charge on any atom is 0.325 e. The number of hydrogen-bond donors (Lipinski definition) is 3. The van der Waals surface area contributed by atoms with Crippen LogP contribution in [0.5, 0.6) is 0 Å². The lowest BCUT2D eigenvalue weighted by Crippen LogP contribution is -2.54. The number of thioether (sulfide) groups is 1. The Bertz CT molecular complexity index is 328. The Morgan fingerprint density at radius 2 is 2.56 bits per heavy atom. The van der Waals surface area contributed by atoms with E-state index >= 15 is 0 Å². The number of nitrogens with two attached hydrogens (primary N) is 1. The lowest BCUT2D eigenvalue weighted by molar-refractivity contribution is -0.0232. The number of ether oxygens (including phenoxy) is 1. The Kier molecular flexibility index (Phi) is 3.33. The number of halogens is 1. The molecule has 4 N–H and O–H groups in total. The first-order valence-electron chi connectivity index (χ1n) is 4.71. The number of carbonyl (C=O) groups is 1. The van der Waals surface area contributed by atoms with Crippen molar-refractivity contribution < 1.29 is 19.0 Å². The highest BCUT2D eigenvalue weighted by Gasteiger charge is 2.35. The van der Waals surface area contributed by atoms with Gasteiger partial charge in [0.2, 0.25) is 0 Å². The predicted molar refractivity (Wildman–Crippen MR) is 55.7 cm³/mol. The lowest BCUT2D eigenvalue weighted by Gasteiger charge is -2.30. The molecule has 2 aliphatic heterocycles. The zero-order valence-electron chi connectivity index (χ0n) is 8.30. The Hall–Kier alpha value is -0.830. The van der Waals surface area contributed by atoms with Crippen molar-refractivity contribution in [3.63, 3.8) is 0 Å². The van der Waals surface area contributed by atoms with E-state index in [1.54, 1.807) is 0 Å². The molecular weight excluding hydrogens is 237 g/mol. The minimum Gasteiger partial charge on any atom is -0.393 e. The van der Waals surface area contributed by atoms with Gasteiger partial charge in [0.25, 0.3) is 0 Å². The Morgan fingerprint density at radius 1 is 1.81 bits per heavy atom. The van der Waals surface area contributed by atoms with Crippen molar-refractivity contribution in [3.8, 4) is 0 Å². The average Bonchev–Trinajstić information content (AvgIpc) is 2.71. The van der Waals surface area contributed by atoms with E-state index in [-0.39, 0.29) is 12.0 Å². The highest BCUT2D eigenvalue weighted by molar-refractivity contribution is 8.00. The van der Waals surface area contributed by atoms with E-state index in [1.165, 1.54) is 11.8 Å². The summed E-state index contributed by atoms with van der Waals surface area (Å²) in [6.07, 6.45) is -0.624. The van der Waals surface area contributed by atoms with Crippen LogP contribution in [0.15, 0.2) is 12.0 Å². The third kappa shape index (κ3) is 2.14. The molecule has 3 atom stereocenters. The molecule has 2 heterocycles. The van der Waals surface area contributed by atoms with Crippen molar-refractivity contribution in [2.45, 2.75) is 17.8 Å². The molecule has 1 unspecified atom stereocenters. The van der Waals surface area contributed by atoms with E-state index in [0.29, 0.717) is 5.75 Å². The van der Waals surface area contributed by atoms with Crippen molar-refractivity contribution >= 4 is 17.8 Å². The topological polar surface area (TPSA) is 87.8 Å². The van der Waals surface area contributed by atoms with Crippen molar-refractivity contribution in [1.82, 2.24) is 10.2 Å². The van der Waals surface area contributed by atoms with Crippen LogP contribution >= 0.6 is 11.8 Å². The highest BCUT2D eigenvalue weighted by Crippen LogP contribution is 2.28. The van der Waals surface area contributed by atoms with Crippen molar-refractivity contribution in [3.05, 3.63) is 12.0 Å². The van der Waals surface area contributed by atoms with Gasteiger partial charge < -0.3 is 20.9 Å². The predicted octanol–water partition coefficient (Wildman–Crippen LogP) is -0.485. The number of rotatable bonds is 2. The molecule has 0 aromatic rings. The van der Waals surface area contributed by atoms with E-state index in [9.17, 15) is 9.18 Å². The summed E-state index contributed by atoms with van der Waals surface area (Å²) in [4.78, 5) is 12.6. The third-order valence-electron chi connectivity index (χ3n) is 2.27. The van der Waals surface area contributed by atoms with E-state index in [0.717, 1.165) is 11.1 Å². The summed E-state index contributed by atoms with van der Waals surface area (Å²) in [5.41, 5.74) is 4.92. The fourth-order valence-corrected chi connectivity index (χ4v) is 2.38. The second kappa shape index (κ2) is 4.58. The Morgan fingerprint density at radius 3 is 3.19 bits per heavy atom. The van der Waals surface area contributed by atoms with Gasteiger partial charge in [0, 0.05) is 12.0 Å². The monoisotopic (exact) mass is 249 g/mol. The molecule has 90 valence electrons. The first-order valence-corrected chi connectivity index (χ1v) is 5.76. The van der Waals surface area contributed by atoms with Gasteiger partial charge in [-0.1, -0.05) is 0 Å². The standard InChI is InChI=1S/C8H12FN3O3S/c9-4-1-12(8(14)11-7(4)10)5-3-16-6(2-13)15-5/h1,5-7,13H,2-3,10H2,(H,11,14)/t5-,6+,7?/m0/s1. The van der Waals surface area contributed by atoms with Gasteiger partial charge in [-0.05, 0) is 0 Å². The quantitative estimate of drug-likeness (QED) is 0.615. The molecule has 0 bridgehead atoms. The fraction of sp³-hybridized carbons (Fsp3) is 0.625. The zero-order chi connectivity index (χ0) is 11.7. The summed E-state index contributed by atoms with van der Waals surface area (Å²) in [5.74, 6) is -0.141. The minimum atomic E-state index is -1.09. The van der Waals surface area contributed by atoms with Crippen LogP contribution in [-0.2, 0) is 4.74 Å². The molecule has 0 radical (unpaired) electrons. The summed E-state index contributed by atoms with van der Waals surface area (Å²) in [7, 11) is 0. The van der Waals surface area contributed by atoms with Crippen molar-refractivity contribution in [1.29, 1.82) is 0 Å². The molecule has 0 aromatic heterocycles. The van der Waals surface area contributed by atoms with E-state index in [2.05, 4.69) is 5.32 Å². The zero-order valence-corrected chi connectivity index (χ0v) is 9.11. The molecule has 2 aliphatic rings. The Balaban J connectivity index is 2.07. The summed E-state index contributed by atoms with van der Waals surface area (Å²) in [6.45, 7) is -0.137. The molecule has 2 amide bonds. The normalized spacial score (nSPS) is 34.9. The van der Waals surface area contributed by atoms with Gasteiger partial charge in [-0.25, -0.2) is 9.18 Å². The lowest BCUT2D eigenvalue weighted by atomic mass is 10.3. The molecule has 1 fully saturated rings. The van der Waals surface area contributed by atoms with Crippen LogP contribution < -0.4 is 11.1 Å². The minimum absolute atomic E-state index is 0.137. The number of amides is 2. The first-order chi connectivity index (χ1) is 7.61. The van der Waals surface area contributed by atoms with Gasteiger partial charge in [-0.3, -0.25) is 4.90 Å². The SMILES string of the molecule is NC1NC(=O)N([C@@H]2CS[C@H](CO)O2)C=C1F. The molecule has 0 aliphatic carbocycles. The number of aliphatic hydroxyl groups excluding tert-OH is 1. The molecule has 2 rings (SSSR count). The van der Waals surface area contributed by atoms with Gasteiger partial charge in [-0.2, -0.15) is 0 Å². The fourth-order valence-electron chi connectivity index (χ4n) is 1.45. The van der Waals surface area contributed by atoms with Gasteiger partial charge in [0.05, 0.1) is 6.61 Å². The molecule has 0 aromatic carbocycles. The second-order valence-electron chi connectivity index (χ2n) is 3.38. The maximum absolute atomic E-state index is 13.2. The van der Waals surface area contributed by atoms with Gasteiger partial charge in [-0.15, -0.1) is 11.8 Å². The highest BCUT2D eigenvalue weighted by atomic mass is 32.2. The number of aliphatic hydroxyl groups is 1. The van der Waals surface area contributed by atoms with Crippen LogP contribution in [0, 0.1) is 0 Å². The van der Waals surface area contributed by atoms with Gasteiger partial charge in [0.15, 0.2) is 5.83 Å². The number of nitrogens with one attached hydrogen (secondary N) is 1. The largest absolute Gasteiger partial charge is 0.393 e. The Labute approximate surface area is 95.6 Å². The molecule has 8 heteroatoms. The summed E-state index contributed by atoms with van der Waals surface area (Å²) in [6, 6.07) is -0.502. The first kappa shape index (κ1) is 11.6. The van der Waals surface area contributed by atoms with E-state index in [1.807, 2.05) is 0 Å². The number of nitrogens with zero attached hydrogens (tertiary/aromatic N) is 1. The van der Waals surface area contributed by atoms with Crippen LogP contribution in [0.25, 0.3) is 0 Å². The molecule has 6 nitrogen and oxygen atoms in total. The van der Waals surface area contributed by atoms with Crippen LogP contribution in [0.4, 0.5) is 9.18 Å². The summed E-state index contributed by atoms with van der Waals surface area (Å²) < 4.78 is 18.5.